The Labute approximate surface area is 176 Å². The summed E-state index contributed by atoms with van der Waals surface area (Å²) in [6, 6.07) is 10.2. The number of para-hydroxylation sites is 1. The largest absolute Gasteiger partial charge is 0.361 e. The van der Waals surface area contributed by atoms with E-state index in [0.717, 1.165) is 46.7 Å². The molecule has 0 radical (unpaired) electrons. The van der Waals surface area contributed by atoms with Gasteiger partial charge in [0.1, 0.15) is 5.76 Å². The standard InChI is InChI=1S/C20H25N5O.HI/c1-4-17-16(19(5-2)26-25-17)13-24-20(21-3)23-12-14-10-11-22-18-9-7-6-8-15(14)18;/h6-11H,4-5,12-13H2,1-3H3,(H2,21,23,24);1H. The van der Waals surface area contributed by atoms with Crippen molar-refractivity contribution in [1.29, 1.82) is 0 Å². The molecule has 0 saturated heterocycles. The van der Waals surface area contributed by atoms with E-state index in [-0.39, 0.29) is 24.0 Å². The molecule has 0 aliphatic heterocycles. The molecule has 2 heterocycles. The second-order valence-corrected chi connectivity index (χ2v) is 6.00. The van der Waals surface area contributed by atoms with Crippen LogP contribution in [0.3, 0.4) is 0 Å². The number of rotatable bonds is 6. The van der Waals surface area contributed by atoms with Gasteiger partial charge >= 0.3 is 0 Å². The minimum atomic E-state index is 0. The molecule has 0 atom stereocenters. The maximum atomic E-state index is 5.42. The van der Waals surface area contributed by atoms with Gasteiger partial charge in [0.15, 0.2) is 5.96 Å². The third-order valence-electron chi connectivity index (χ3n) is 4.45. The first-order valence-corrected chi connectivity index (χ1v) is 9.00. The highest BCUT2D eigenvalue weighted by Gasteiger charge is 2.13. The molecular weight excluding hydrogens is 453 g/mol. The highest BCUT2D eigenvalue weighted by Crippen LogP contribution is 2.16. The second-order valence-electron chi connectivity index (χ2n) is 6.00. The second kappa shape index (κ2) is 10.2. The molecule has 0 fully saturated rings. The molecule has 3 aromatic rings. The van der Waals surface area contributed by atoms with Gasteiger partial charge in [-0.25, -0.2) is 0 Å². The van der Waals surface area contributed by atoms with Crippen molar-refractivity contribution in [1.82, 2.24) is 20.8 Å². The average Bonchev–Trinajstić information content (AvgIpc) is 3.10. The van der Waals surface area contributed by atoms with Crippen molar-refractivity contribution in [3.8, 4) is 0 Å². The van der Waals surface area contributed by atoms with Crippen LogP contribution >= 0.6 is 24.0 Å². The lowest BCUT2D eigenvalue weighted by Crippen LogP contribution is -2.36. The summed E-state index contributed by atoms with van der Waals surface area (Å²) in [6.45, 7) is 5.48. The van der Waals surface area contributed by atoms with Crippen molar-refractivity contribution in [3.05, 3.63) is 59.1 Å². The molecule has 144 valence electrons. The van der Waals surface area contributed by atoms with Gasteiger partial charge in [-0.2, -0.15) is 0 Å². The fourth-order valence-electron chi connectivity index (χ4n) is 3.02. The number of hydrogen-bond donors (Lipinski definition) is 2. The Kier molecular flexibility index (Phi) is 8.02. The fourth-order valence-corrected chi connectivity index (χ4v) is 3.02. The Morgan fingerprint density at radius 1 is 1.07 bits per heavy atom. The van der Waals surface area contributed by atoms with Crippen LogP contribution in [0.25, 0.3) is 10.9 Å². The molecular formula is C20H26IN5O. The van der Waals surface area contributed by atoms with Crippen molar-refractivity contribution in [2.24, 2.45) is 4.99 Å². The van der Waals surface area contributed by atoms with Gasteiger partial charge in [0.05, 0.1) is 11.2 Å². The summed E-state index contributed by atoms with van der Waals surface area (Å²) in [5.74, 6) is 1.68. The SMILES string of the molecule is CCc1noc(CC)c1CNC(=NC)NCc1ccnc2ccccc12.I. The number of hydrogen-bond acceptors (Lipinski definition) is 4. The first-order chi connectivity index (χ1) is 12.8. The molecule has 0 saturated carbocycles. The van der Waals surface area contributed by atoms with Crippen LogP contribution in [0.5, 0.6) is 0 Å². The van der Waals surface area contributed by atoms with Crippen LogP contribution in [0.15, 0.2) is 46.0 Å². The van der Waals surface area contributed by atoms with E-state index in [4.69, 9.17) is 4.52 Å². The summed E-state index contributed by atoms with van der Waals surface area (Å²) in [4.78, 5) is 8.73. The number of halogens is 1. The molecule has 1 aromatic carbocycles. The number of pyridine rings is 1. The highest BCUT2D eigenvalue weighted by molar-refractivity contribution is 14.0. The topological polar surface area (TPSA) is 75.3 Å². The number of nitrogens with one attached hydrogen (secondary N) is 2. The normalized spacial score (nSPS) is 11.3. The predicted octanol–water partition coefficient (Wildman–Crippen LogP) is 3.83. The zero-order valence-corrected chi connectivity index (χ0v) is 18.3. The van der Waals surface area contributed by atoms with E-state index in [1.807, 2.05) is 30.5 Å². The van der Waals surface area contributed by atoms with Crippen LogP contribution in [-0.2, 0) is 25.9 Å². The van der Waals surface area contributed by atoms with Gasteiger partial charge in [-0.05, 0) is 24.1 Å². The molecule has 27 heavy (non-hydrogen) atoms. The van der Waals surface area contributed by atoms with Crippen molar-refractivity contribution in [3.63, 3.8) is 0 Å². The summed E-state index contributed by atoms with van der Waals surface area (Å²) in [6.07, 6.45) is 3.53. The fraction of sp³-hybridized carbons (Fsp3) is 0.350. The maximum absolute atomic E-state index is 5.42. The lowest BCUT2D eigenvalue weighted by molar-refractivity contribution is 0.380. The quantitative estimate of drug-likeness (QED) is 0.320. The molecule has 0 bridgehead atoms. The minimum absolute atomic E-state index is 0. The zero-order chi connectivity index (χ0) is 18.4. The van der Waals surface area contributed by atoms with E-state index in [1.54, 1.807) is 7.05 Å². The molecule has 2 N–H and O–H groups in total. The number of guanidine groups is 1. The molecule has 3 rings (SSSR count). The van der Waals surface area contributed by atoms with Gasteiger partial charge in [0.25, 0.3) is 0 Å². The third-order valence-corrected chi connectivity index (χ3v) is 4.45. The Bertz CT molecular complexity index is 880. The van der Waals surface area contributed by atoms with Crippen molar-refractivity contribution in [2.45, 2.75) is 39.8 Å². The first kappa shape index (κ1) is 21.1. The number of aliphatic imine (C=N–C) groups is 1. The smallest absolute Gasteiger partial charge is 0.191 e. The lowest BCUT2D eigenvalue weighted by Gasteiger charge is -2.13. The van der Waals surface area contributed by atoms with Crippen molar-refractivity contribution in [2.75, 3.05) is 7.05 Å². The van der Waals surface area contributed by atoms with Crippen LogP contribution in [-0.4, -0.2) is 23.1 Å². The molecule has 0 aliphatic carbocycles. The molecule has 0 amide bonds. The summed E-state index contributed by atoms with van der Waals surface area (Å²) in [5.41, 5.74) is 4.32. The Balaban J connectivity index is 0.00000261. The van der Waals surface area contributed by atoms with Crippen LogP contribution < -0.4 is 10.6 Å². The Morgan fingerprint density at radius 3 is 2.59 bits per heavy atom. The van der Waals surface area contributed by atoms with Crippen LogP contribution in [0.2, 0.25) is 0 Å². The molecule has 0 spiro atoms. The molecule has 0 unspecified atom stereocenters. The van der Waals surface area contributed by atoms with Crippen LogP contribution in [0.1, 0.15) is 36.4 Å². The average molecular weight is 479 g/mol. The molecule has 2 aromatic heterocycles. The van der Waals surface area contributed by atoms with Gasteiger partial charge in [-0.3, -0.25) is 9.98 Å². The van der Waals surface area contributed by atoms with Gasteiger partial charge in [-0.1, -0.05) is 37.2 Å². The Morgan fingerprint density at radius 2 is 1.85 bits per heavy atom. The lowest BCUT2D eigenvalue weighted by atomic mass is 10.1. The highest BCUT2D eigenvalue weighted by atomic mass is 127. The monoisotopic (exact) mass is 479 g/mol. The number of aryl methyl sites for hydroxylation is 2. The molecule has 0 aliphatic rings. The minimum Gasteiger partial charge on any atom is -0.361 e. The van der Waals surface area contributed by atoms with Crippen molar-refractivity contribution < 1.29 is 4.52 Å². The Hall–Kier alpha value is -2.16. The van der Waals surface area contributed by atoms with E-state index in [2.05, 4.69) is 45.7 Å². The van der Waals surface area contributed by atoms with Crippen molar-refractivity contribution >= 4 is 40.8 Å². The van der Waals surface area contributed by atoms with Gasteiger partial charge in [0.2, 0.25) is 0 Å². The number of aromatic nitrogens is 2. The summed E-state index contributed by atoms with van der Waals surface area (Å²) < 4.78 is 5.42. The number of fused-ring (bicyclic) bond motifs is 1. The number of nitrogens with zero attached hydrogens (tertiary/aromatic N) is 3. The van der Waals surface area contributed by atoms with E-state index in [0.29, 0.717) is 13.1 Å². The van der Waals surface area contributed by atoms with Gasteiger partial charge in [0, 0.05) is 43.7 Å². The first-order valence-electron chi connectivity index (χ1n) is 9.00. The predicted molar refractivity (Wildman–Crippen MR) is 119 cm³/mol. The summed E-state index contributed by atoms with van der Waals surface area (Å²) >= 11 is 0. The third kappa shape index (κ3) is 4.97. The zero-order valence-electron chi connectivity index (χ0n) is 16.0. The summed E-state index contributed by atoms with van der Waals surface area (Å²) in [5, 5.41) is 12.0. The van der Waals surface area contributed by atoms with E-state index in [1.165, 1.54) is 5.56 Å². The molecule has 7 heteroatoms. The van der Waals surface area contributed by atoms with E-state index >= 15 is 0 Å². The van der Waals surface area contributed by atoms with Gasteiger partial charge < -0.3 is 15.2 Å². The summed E-state index contributed by atoms with van der Waals surface area (Å²) in [7, 11) is 1.77. The number of benzene rings is 1. The van der Waals surface area contributed by atoms with E-state index in [9.17, 15) is 0 Å². The molecule has 6 nitrogen and oxygen atoms in total. The van der Waals surface area contributed by atoms with Crippen LogP contribution in [0, 0.1) is 0 Å². The maximum Gasteiger partial charge on any atom is 0.191 e. The van der Waals surface area contributed by atoms with Gasteiger partial charge in [-0.15, -0.1) is 24.0 Å². The van der Waals surface area contributed by atoms with E-state index < -0.39 is 0 Å². The van der Waals surface area contributed by atoms with Crippen LogP contribution in [0.4, 0.5) is 0 Å².